The van der Waals surface area contributed by atoms with Crippen LogP contribution in [0.1, 0.15) is 15.9 Å². The summed E-state index contributed by atoms with van der Waals surface area (Å²) in [4.78, 5) is 14.2. The molecule has 0 aromatic heterocycles. The van der Waals surface area contributed by atoms with Gasteiger partial charge in [0.1, 0.15) is 0 Å². The van der Waals surface area contributed by atoms with Crippen LogP contribution in [-0.4, -0.2) is 32.1 Å². The first-order chi connectivity index (χ1) is 10.5. The van der Waals surface area contributed by atoms with Crippen molar-refractivity contribution in [2.24, 2.45) is 0 Å². The molecule has 112 valence electrons. The second-order valence-corrected chi connectivity index (χ2v) is 5.47. The van der Waals surface area contributed by atoms with Gasteiger partial charge >= 0.3 is 7.12 Å². The van der Waals surface area contributed by atoms with Crippen LogP contribution in [-0.2, 0) is 11.3 Å². The number of nitrogens with one attached hydrogen (secondary N) is 1. The lowest BCUT2D eigenvalue weighted by Crippen LogP contribution is -2.28. The van der Waals surface area contributed by atoms with E-state index in [9.17, 15) is 9.82 Å². The van der Waals surface area contributed by atoms with E-state index in [-0.39, 0.29) is 5.91 Å². The van der Waals surface area contributed by atoms with Crippen LogP contribution >= 0.6 is 0 Å². The Morgan fingerprint density at radius 2 is 1.95 bits per heavy atom. The molecule has 2 aromatic carbocycles. The van der Waals surface area contributed by atoms with E-state index in [2.05, 4.69) is 5.32 Å². The van der Waals surface area contributed by atoms with Crippen LogP contribution in [0, 0.1) is 0 Å². The molecule has 0 fully saturated rings. The second-order valence-electron chi connectivity index (χ2n) is 5.47. The fraction of sp³-hybridized carbons (Fsp3) is 0.188. The molecule has 0 radical (unpaired) electrons. The van der Waals surface area contributed by atoms with E-state index in [1.54, 1.807) is 18.2 Å². The third-order valence-electron chi connectivity index (χ3n) is 3.71. The van der Waals surface area contributed by atoms with Gasteiger partial charge in [0.25, 0.3) is 5.91 Å². The number of carbonyl (C=O) groups is 1. The van der Waals surface area contributed by atoms with E-state index in [1.807, 2.05) is 43.3 Å². The molecule has 5 nitrogen and oxygen atoms in total. The summed E-state index contributed by atoms with van der Waals surface area (Å²) in [5.41, 5.74) is 3.92. The van der Waals surface area contributed by atoms with Gasteiger partial charge in [0.05, 0.1) is 6.61 Å². The maximum absolute atomic E-state index is 12.3. The van der Waals surface area contributed by atoms with E-state index in [1.165, 1.54) is 0 Å². The Balaban J connectivity index is 1.75. The van der Waals surface area contributed by atoms with Gasteiger partial charge in [-0.15, -0.1) is 0 Å². The highest BCUT2D eigenvalue weighted by Crippen LogP contribution is 2.17. The van der Waals surface area contributed by atoms with Crippen LogP contribution in [0.5, 0.6) is 0 Å². The zero-order valence-corrected chi connectivity index (χ0v) is 12.5. The molecule has 22 heavy (non-hydrogen) atoms. The number of carbonyl (C=O) groups excluding carboxylic acids is 1. The standard InChI is InChI=1S/C16H17BN2O3/c1-19(2)14-7-4-11(5-8-14)16(20)18-13-6-3-12-10-22-17(21)15(12)9-13/h3-9,21H,10H2,1-2H3,(H,18,20). The van der Waals surface area contributed by atoms with Crippen LogP contribution in [0.25, 0.3) is 0 Å². The quantitative estimate of drug-likeness (QED) is 0.836. The van der Waals surface area contributed by atoms with Crippen LogP contribution in [0.15, 0.2) is 42.5 Å². The van der Waals surface area contributed by atoms with Crippen molar-refractivity contribution >= 4 is 29.9 Å². The lowest BCUT2D eigenvalue weighted by molar-refractivity contribution is 0.102. The van der Waals surface area contributed by atoms with Crippen molar-refractivity contribution in [3.05, 3.63) is 53.6 Å². The smallest absolute Gasteiger partial charge is 0.423 e. The van der Waals surface area contributed by atoms with Gasteiger partial charge in [-0.3, -0.25) is 4.79 Å². The van der Waals surface area contributed by atoms with E-state index in [0.29, 0.717) is 23.3 Å². The lowest BCUT2D eigenvalue weighted by atomic mass is 9.79. The minimum absolute atomic E-state index is 0.182. The minimum Gasteiger partial charge on any atom is -0.423 e. The van der Waals surface area contributed by atoms with Gasteiger partial charge in [-0.2, -0.15) is 0 Å². The van der Waals surface area contributed by atoms with E-state index >= 15 is 0 Å². The Bertz CT molecular complexity index is 701. The number of rotatable bonds is 3. The highest BCUT2D eigenvalue weighted by molar-refractivity contribution is 6.61. The monoisotopic (exact) mass is 296 g/mol. The first-order valence-electron chi connectivity index (χ1n) is 7.06. The van der Waals surface area contributed by atoms with Crippen LogP contribution < -0.4 is 15.7 Å². The summed E-state index contributed by atoms with van der Waals surface area (Å²) >= 11 is 0. The molecule has 1 heterocycles. The summed E-state index contributed by atoms with van der Waals surface area (Å²) in [6, 6.07) is 12.8. The molecule has 2 N–H and O–H groups in total. The van der Waals surface area contributed by atoms with Crippen LogP contribution in [0.2, 0.25) is 0 Å². The number of nitrogens with zero attached hydrogens (tertiary/aromatic N) is 1. The Labute approximate surface area is 129 Å². The summed E-state index contributed by atoms with van der Waals surface area (Å²) in [5, 5.41) is 12.5. The van der Waals surface area contributed by atoms with E-state index in [4.69, 9.17) is 4.65 Å². The summed E-state index contributed by atoms with van der Waals surface area (Å²) < 4.78 is 5.14. The first-order valence-corrected chi connectivity index (χ1v) is 7.06. The maximum atomic E-state index is 12.3. The SMILES string of the molecule is CN(C)c1ccc(C(=O)Nc2ccc3c(c2)B(O)OC3)cc1. The van der Waals surface area contributed by atoms with Crippen molar-refractivity contribution in [1.82, 2.24) is 0 Å². The Kier molecular flexibility index (Phi) is 3.87. The van der Waals surface area contributed by atoms with Crippen molar-refractivity contribution < 1.29 is 14.5 Å². The van der Waals surface area contributed by atoms with Gasteiger partial charge in [-0.25, -0.2) is 0 Å². The van der Waals surface area contributed by atoms with Gasteiger partial charge in [-0.05, 0) is 47.4 Å². The third-order valence-corrected chi connectivity index (χ3v) is 3.71. The lowest BCUT2D eigenvalue weighted by Gasteiger charge is -2.13. The predicted octanol–water partition coefficient (Wildman–Crippen LogP) is 1.22. The molecular formula is C16H17BN2O3. The fourth-order valence-electron chi connectivity index (χ4n) is 2.41. The maximum Gasteiger partial charge on any atom is 0.491 e. The molecule has 0 spiro atoms. The molecular weight excluding hydrogens is 279 g/mol. The molecule has 6 heteroatoms. The number of anilines is 2. The Morgan fingerprint density at radius 1 is 1.23 bits per heavy atom. The molecule has 1 amide bonds. The first kappa shape index (κ1) is 14.6. The molecule has 0 saturated carbocycles. The molecule has 0 atom stereocenters. The fourth-order valence-corrected chi connectivity index (χ4v) is 2.41. The normalized spacial score (nSPS) is 13.0. The minimum atomic E-state index is -0.911. The van der Waals surface area contributed by atoms with Crippen LogP contribution in [0.4, 0.5) is 11.4 Å². The Hall–Kier alpha value is -2.31. The van der Waals surface area contributed by atoms with Gasteiger partial charge in [0.15, 0.2) is 0 Å². The number of benzene rings is 2. The molecule has 3 rings (SSSR count). The highest BCUT2D eigenvalue weighted by Gasteiger charge is 2.27. The van der Waals surface area contributed by atoms with Gasteiger partial charge < -0.3 is 19.9 Å². The van der Waals surface area contributed by atoms with Gasteiger partial charge in [-0.1, -0.05) is 6.07 Å². The van der Waals surface area contributed by atoms with Gasteiger partial charge in [0.2, 0.25) is 0 Å². The highest BCUT2D eigenvalue weighted by atomic mass is 16.5. The van der Waals surface area contributed by atoms with E-state index < -0.39 is 7.12 Å². The number of amides is 1. The van der Waals surface area contributed by atoms with Crippen molar-refractivity contribution in [3.63, 3.8) is 0 Å². The molecule has 1 aliphatic heterocycles. The summed E-state index contributed by atoms with van der Waals surface area (Å²) in [5.74, 6) is -0.182. The molecule has 0 aliphatic carbocycles. The number of hydrogen-bond acceptors (Lipinski definition) is 4. The molecule has 2 aromatic rings. The average Bonchev–Trinajstić information content (AvgIpc) is 2.88. The van der Waals surface area contributed by atoms with Crippen molar-refractivity contribution in [1.29, 1.82) is 0 Å². The Morgan fingerprint density at radius 3 is 2.64 bits per heavy atom. The van der Waals surface area contributed by atoms with Gasteiger partial charge in [0, 0.05) is 31.0 Å². The molecule has 0 bridgehead atoms. The molecule has 0 saturated heterocycles. The third kappa shape index (κ3) is 2.84. The zero-order chi connectivity index (χ0) is 15.7. The van der Waals surface area contributed by atoms with Crippen LogP contribution in [0.3, 0.4) is 0 Å². The molecule has 0 unspecified atom stereocenters. The van der Waals surface area contributed by atoms with Crippen molar-refractivity contribution in [2.75, 3.05) is 24.3 Å². The predicted molar refractivity (Wildman–Crippen MR) is 87.6 cm³/mol. The molecule has 1 aliphatic rings. The second kappa shape index (κ2) is 5.83. The van der Waals surface area contributed by atoms with Crippen molar-refractivity contribution in [2.45, 2.75) is 6.61 Å². The topological polar surface area (TPSA) is 61.8 Å². The zero-order valence-electron chi connectivity index (χ0n) is 12.5. The summed E-state index contributed by atoms with van der Waals surface area (Å²) in [6.45, 7) is 0.400. The largest absolute Gasteiger partial charge is 0.491 e. The number of fused-ring (bicyclic) bond motifs is 1. The van der Waals surface area contributed by atoms with E-state index in [0.717, 1.165) is 11.3 Å². The number of hydrogen-bond donors (Lipinski definition) is 2. The van der Waals surface area contributed by atoms with Crippen molar-refractivity contribution in [3.8, 4) is 0 Å². The summed E-state index contributed by atoms with van der Waals surface area (Å²) in [7, 11) is 2.99. The average molecular weight is 296 g/mol. The summed E-state index contributed by atoms with van der Waals surface area (Å²) in [6.07, 6.45) is 0.